The van der Waals surface area contributed by atoms with Crippen molar-refractivity contribution in [2.45, 2.75) is 19.9 Å². The molecule has 8 heteroatoms. The lowest BCUT2D eigenvalue weighted by Gasteiger charge is -2.37. The summed E-state index contributed by atoms with van der Waals surface area (Å²) in [6, 6.07) is 20.3. The maximum absolute atomic E-state index is 13.0. The smallest absolute Gasteiger partial charge is 0.270 e. The maximum atomic E-state index is 13.0. The number of aromatic nitrogens is 2. The first kappa shape index (κ1) is 23.7. The van der Waals surface area contributed by atoms with Gasteiger partial charge in [0.15, 0.2) is 0 Å². The van der Waals surface area contributed by atoms with Crippen molar-refractivity contribution >= 4 is 50.5 Å². The van der Waals surface area contributed by atoms with Gasteiger partial charge in [0.25, 0.3) is 5.91 Å². The van der Waals surface area contributed by atoms with Crippen LogP contribution in [0.4, 0.5) is 11.4 Å². The Morgan fingerprint density at radius 2 is 1.57 bits per heavy atom. The zero-order valence-corrected chi connectivity index (χ0v) is 21.9. The summed E-state index contributed by atoms with van der Waals surface area (Å²) in [5.74, 6) is -0.112. The van der Waals surface area contributed by atoms with Crippen LogP contribution < -0.4 is 15.1 Å². The lowest BCUT2D eigenvalue weighted by molar-refractivity contribution is 0.0944. The number of pyridine rings is 1. The average Bonchev–Trinajstić information content (AvgIpc) is 3.26. The summed E-state index contributed by atoms with van der Waals surface area (Å²) < 4.78 is 2.79. The Morgan fingerprint density at radius 3 is 2.17 bits per heavy atom. The standard InChI is InChI=1S/C27H27BrClN5O/c1-2-24-26(34-12-11-20(28)17-25(34)31-24)27(35)30-18-19-3-7-22(8-4-19)32-13-15-33(16-14-32)23-9-5-21(29)6-10-23/h3-12,17H,2,13-16,18H2,1H3,(H,30,35). The molecular weight excluding hydrogens is 526 g/mol. The highest BCUT2D eigenvalue weighted by Gasteiger charge is 2.19. The van der Waals surface area contributed by atoms with E-state index < -0.39 is 0 Å². The first-order chi connectivity index (χ1) is 17.0. The molecule has 180 valence electrons. The fourth-order valence-corrected chi connectivity index (χ4v) is 4.97. The van der Waals surface area contributed by atoms with Crippen LogP contribution in [0.15, 0.2) is 71.3 Å². The van der Waals surface area contributed by atoms with Crippen LogP contribution in [-0.4, -0.2) is 41.5 Å². The minimum Gasteiger partial charge on any atom is -0.368 e. The summed E-state index contributed by atoms with van der Waals surface area (Å²) in [4.78, 5) is 22.4. The number of anilines is 2. The summed E-state index contributed by atoms with van der Waals surface area (Å²) in [7, 11) is 0. The predicted octanol–water partition coefficient (Wildman–Crippen LogP) is 5.57. The molecule has 5 rings (SSSR count). The van der Waals surface area contributed by atoms with E-state index in [4.69, 9.17) is 11.6 Å². The molecule has 6 nitrogen and oxygen atoms in total. The summed E-state index contributed by atoms with van der Waals surface area (Å²) in [6.07, 6.45) is 2.57. The second kappa shape index (κ2) is 10.3. The molecule has 1 aliphatic heterocycles. The number of amides is 1. The predicted molar refractivity (Wildman–Crippen MR) is 146 cm³/mol. The number of halogens is 2. The quantitative estimate of drug-likeness (QED) is 0.340. The number of nitrogens with zero attached hydrogens (tertiary/aromatic N) is 4. The number of imidazole rings is 1. The topological polar surface area (TPSA) is 52.9 Å². The van der Waals surface area contributed by atoms with E-state index in [0.29, 0.717) is 18.7 Å². The Bertz CT molecular complexity index is 1330. The van der Waals surface area contributed by atoms with Crippen molar-refractivity contribution in [2.24, 2.45) is 0 Å². The number of nitrogens with one attached hydrogen (secondary N) is 1. The molecule has 1 aliphatic rings. The van der Waals surface area contributed by atoms with Gasteiger partial charge in [0.05, 0.1) is 5.69 Å². The molecule has 35 heavy (non-hydrogen) atoms. The van der Waals surface area contributed by atoms with Crippen molar-refractivity contribution in [3.8, 4) is 0 Å². The molecule has 2 aromatic heterocycles. The average molecular weight is 553 g/mol. The van der Waals surface area contributed by atoms with Crippen molar-refractivity contribution in [2.75, 3.05) is 36.0 Å². The minimum absolute atomic E-state index is 0.112. The summed E-state index contributed by atoms with van der Waals surface area (Å²) in [5.41, 5.74) is 5.65. The molecule has 1 fully saturated rings. The molecule has 1 amide bonds. The number of hydrogen-bond acceptors (Lipinski definition) is 4. The van der Waals surface area contributed by atoms with Crippen LogP contribution in [0.1, 0.15) is 28.7 Å². The monoisotopic (exact) mass is 551 g/mol. The van der Waals surface area contributed by atoms with E-state index in [1.807, 2.05) is 41.8 Å². The van der Waals surface area contributed by atoms with Gasteiger partial charge in [-0.25, -0.2) is 4.98 Å². The number of carbonyl (C=O) groups is 1. The molecular formula is C27H27BrClN5O. The van der Waals surface area contributed by atoms with Crippen LogP contribution in [0.25, 0.3) is 5.65 Å². The normalized spacial score (nSPS) is 13.9. The van der Waals surface area contributed by atoms with Crippen LogP contribution in [0.2, 0.25) is 5.02 Å². The highest BCUT2D eigenvalue weighted by Crippen LogP contribution is 2.23. The van der Waals surface area contributed by atoms with Gasteiger partial charge >= 0.3 is 0 Å². The summed E-state index contributed by atoms with van der Waals surface area (Å²) in [5, 5.41) is 3.83. The number of carbonyl (C=O) groups excluding carboxylic acids is 1. The van der Waals surface area contributed by atoms with E-state index in [0.717, 1.165) is 52.6 Å². The third-order valence-corrected chi connectivity index (χ3v) is 7.18. The van der Waals surface area contributed by atoms with E-state index in [9.17, 15) is 4.79 Å². The van der Waals surface area contributed by atoms with Crippen LogP contribution >= 0.6 is 27.5 Å². The molecule has 1 N–H and O–H groups in total. The zero-order valence-electron chi connectivity index (χ0n) is 19.5. The lowest BCUT2D eigenvalue weighted by atomic mass is 10.1. The minimum atomic E-state index is -0.112. The fourth-order valence-electron chi connectivity index (χ4n) is 4.52. The molecule has 0 atom stereocenters. The number of piperazine rings is 1. The van der Waals surface area contributed by atoms with E-state index in [-0.39, 0.29) is 5.91 Å². The summed E-state index contributed by atoms with van der Waals surface area (Å²) >= 11 is 9.49. The van der Waals surface area contributed by atoms with E-state index in [1.165, 1.54) is 11.4 Å². The Kier molecular flexibility index (Phi) is 6.97. The highest BCUT2D eigenvalue weighted by molar-refractivity contribution is 9.10. The molecule has 0 saturated carbocycles. The molecule has 0 aliphatic carbocycles. The van der Waals surface area contributed by atoms with Crippen molar-refractivity contribution < 1.29 is 4.79 Å². The van der Waals surface area contributed by atoms with E-state index in [2.05, 4.69) is 72.4 Å². The highest BCUT2D eigenvalue weighted by atomic mass is 79.9. The Morgan fingerprint density at radius 1 is 0.971 bits per heavy atom. The van der Waals surface area contributed by atoms with Crippen LogP contribution in [0.3, 0.4) is 0 Å². The molecule has 0 unspecified atom stereocenters. The molecule has 2 aromatic carbocycles. The Hall–Kier alpha value is -3.03. The van der Waals surface area contributed by atoms with Crippen LogP contribution in [-0.2, 0) is 13.0 Å². The number of hydrogen-bond donors (Lipinski definition) is 1. The molecule has 0 radical (unpaired) electrons. The van der Waals surface area contributed by atoms with Gasteiger partial charge in [0.1, 0.15) is 11.3 Å². The second-order valence-electron chi connectivity index (χ2n) is 8.63. The Labute approximate surface area is 218 Å². The van der Waals surface area contributed by atoms with Gasteiger partial charge in [-0.1, -0.05) is 46.6 Å². The van der Waals surface area contributed by atoms with E-state index in [1.54, 1.807) is 0 Å². The molecule has 0 bridgehead atoms. The van der Waals surface area contributed by atoms with Gasteiger partial charge in [-0.2, -0.15) is 0 Å². The first-order valence-corrected chi connectivity index (χ1v) is 13.0. The van der Waals surface area contributed by atoms with Gasteiger partial charge in [0, 0.05) is 59.8 Å². The van der Waals surface area contributed by atoms with E-state index >= 15 is 0 Å². The number of aryl methyl sites for hydroxylation is 1. The third-order valence-electron chi connectivity index (χ3n) is 6.44. The molecule has 0 spiro atoms. The largest absolute Gasteiger partial charge is 0.368 e. The van der Waals surface area contributed by atoms with Gasteiger partial charge in [-0.3, -0.25) is 9.20 Å². The second-order valence-corrected chi connectivity index (χ2v) is 9.99. The van der Waals surface area contributed by atoms with Gasteiger partial charge < -0.3 is 15.1 Å². The van der Waals surface area contributed by atoms with Crippen LogP contribution in [0.5, 0.6) is 0 Å². The number of fused-ring (bicyclic) bond motifs is 1. The Balaban J connectivity index is 1.19. The zero-order chi connectivity index (χ0) is 24.4. The van der Waals surface area contributed by atoms with Crippen molar-refractivity contribution in [3.63, 3.8) is 0 Å². The molecule has 3 heterocycles. The summed E-state index contributed by atoms with van der Waals surface area (Å²) in [6.45, 7) is 6.34. The van der Waals surface area contributed by atoms with Gasteiger partial charge in [-0.15, -0.1) is 0 Å². The van der Waals surface area contributed by atoms with Crippen molar-refractivity contribution in [1.29, 1.82) is 0 Å². The lowest BCUT2D eigenvalue weighted by Crippen LogP contribution is -2.46. The molecule has 1 saturated heterocycles. The third kappa shape index (κ3) is 5.16. The fraction of sp³-hybridized carbons (Fsp3) is 0.259. The molecule has 4 aromatic rings. The first-order valence-electron chi connectivity index (χ1n) is 11.8. The SMILES string of the molecule is CCc1nc2cc(Br)ccn2c1C(=O)NCc1ccc(N2CCN(c3ccc(Cl)cc3)CC2)cc1. The van der Waals surface area contributed by atoms with Crippen molar-refractivity contribution in [3.05, 3.63) is 93.3 Å². The number of rotatable bonds is 6. The van der Waals surface area contributed by atoms with Crippen molar-refractivity contribution in [1.82, 2.24) is 14.7 Å². The number of benzene rings is 2. The van der Waals surface area contributed by atoms with Gasteiger partial charge in [-0.05, 0) is 60.5 Å². The maximum Gasteiger partial charge on any atom is 0.270 e. The van der Waals surface area contributed by atoms with Crippen LogP contribution in [0, 0.1) is 0 Å². The van der Waals surface area contributed by atoms with Gasteiger partial charge in [0.2, 0.25) is 0 Å².